The molecule has 0 bridgehead atoms. The Balaban J connectivity index is 0.00000156. The summed E-state index contributed by atoms with van der Waals surface area (Å²) in [5, 5.41) is 6.83. The Morgan fingerprint density at radius 3 is 2.35 bits per heavy atom. The van der Waals surface area contributed by atoms with Crippen LogP contribution in [-0.2, 0) is 10.3 Å². The number of benzene rings is 1. The Hall–Kier alpha value is -0.580. The number of hydrogen-bond acceptors (Lipinski definition) is 2. The fourth-order valence-electron chi connectivity index (χ4n) is 4.30. The van der Waals surface area contributed by atoms with E-state index in [1.165, 1.54) is 12.0 Å². The molecule has 2 aliphatic carbocycles. The van der Waals surface area contributed by atoms with Gasteiger partial charge in [-0.1, -0.05) is 28.1 Å². The Bertz CT molecular complexity index is 579. The van der Waals surface area contributed by atoms with Crippen molar-refractivity contribution in [2.75, 3.05) is 13.1 Å². The number of rotatable bonds is 3. The molecule has 1 saturated heterocycles. The van der Waals surface area contributed by atoms with Crippen LogP contribution in [0.2, 0.25) is 0 Å². The summed E-state index contributed by atoms with van der Waals surface area (Å²) in [5.74, 6) is 0.548. The van der Waals surface area contributed by atoms with Crippen LogP contribution in [0, 0.1) is 11.3 Å². The SMILES string of the molecule is Cl.O=C(NC1(c2ccc(Br)cc2)CCC1)C1CC12CCNCC2. The summed E-state index contributed by atoms with van der Waals surface area (Å²) < 4.78 is 1.09. The molecular weight excluding hydrogens is 376 g/mol. The third kappa shape index (κ3) is 3.06. The molecule has 2 saturated carbocycles. The van der Waals surface area contributed by atoms with E-state index in [1.54, 1.807) is 0 Å². The van der Waals surface area contributed by atoms with Crippen LogP contribution in [0.5, 0.6) is 0 Å². The Labute approximate surface area is 152 Å². The van der Waals surface area contributed by atoms with Crippen molar-refractivity contribution >= 4 is 34.2 Å². The van der Waals surface area contributed by atoms with Crippen LogP contribution < -0.4 is 10.6 Å². The van der Waals surface area contributed by atoms with Gasteiger partial charge in [0, 0.05) is 10.4 Å². The quantitative estimate of drug-likeness (QED) is 0.812. The average molecular weight is 400 g/mol. The third-order valence-electron chi connectivity index (χ3n) is 6.07. The predicted molar refractivity (Wildman–Crippen MR) is 97.7 cm³/mol. The van der Waals surface area contributed by atoms with E-state index in [0.29, 0.717) is 11.3 Å². The molecule has 3 fully saturated rings. The van der Waals surface area contributed by atoms with E-state index in [2.05, 4.69) is 50.8 Å². The second-order valence-electron chi connectivity index (χ2n) is 7.30. The minimum absolute atomic E-state index is 0. The number of carbonyl (C=O) groups excluding carboxylic acids is 1. The summed E-state index contributed by atoms with van der Waals surface area (Å²) in [5.41, 5.74) is 1.48. The molecular formula is C18H24BrClN2O. The fourth-order valence-corrected chi connectivity index (χ4v) is 4.57. The van der Waals surface area contributed by atoms with E-state index in [4.69, 9.17) is 0 Å². The predicted octanol–water partition coefficient (Wildman–Crippen LogP) is 3.76. The molecule has 3 aliphatic rings. The normalized spacial score (nSPS) is 26.7. The lowest BCUT2D eigenvalue weighted by atomic mass is 9.71. The Morgan fingerprint density at radius 1 is 1.13 bits per heavy atom. The summed E-state index contributed by atoms with van der Waals surface area (Å²) in [6, 6.07) is 8.45. The first-order chi connectivity index (χ1) is 10.6. The van der Waals surface area contributed by atoms with Crippen molar-refractivity contribution in [3.63, 3.8) is 0 Å². The largest absolute Gasteiger partial charge is 0.346 e. The Morgan fingerprint density at radius 2 is 1.78 bits per heavy atom. The molecule has 1 aliphatic heterocycles. The van der Waals surface area contributed by atoms with Crippen LogP contribution in [0.3, 0.4) is 0 Å². The summed E-state index contributed by atoms with van der Waals surface area (Å²) in [4.78, 5) is 12.8. The number of halogens is 2. The monoisotopic (exact) mass is 398 g/mol. The summed E-state index contributed by atoms with van der Waals surface area (Å²) in [6.45, 7) is 2.14. The minimum Gasteiger partial charge on any atom is -0.346 e. The molecule has 5 heteroatoms. The lowest BCUT2D eigenvalue weighted by Crippen LogP contribution is -2.51. The molecule has 1 unspecified atom stereocenters. The van der Waals surface area contributed by atoms with E-state index in [9.17, 15) is 4.79 Å². The number of nitrogens with one attached hydrogen (secondary N) is 2. The van der Waals surface area contributed by atoms with Crippen LogP contribution in [0.1, 0.15) is 44.1 Å². The molecule has 23 heavy (non-hydrogen) atoms. The molecule has 1 heterocycles. The second-order valence-corrected chi connectivity index (χ2v) is 8.22. The van der Waals surface area contributed by atoms with Gasteiger partial charge in [-0.25, -0.2) is 0 Å². The van der Waals surface area contributed by atoms with Crippen molar-refractivity contribution < 1.29 is 4.79 Å². The summed E-state index contributed by atoms with van der Waals surface area (Å²) >= 11 is 3.49. The van der Waals surface area contributed by atoms with Crippen LogP contribution in [0.15, 0.2) is 28.7 Å². The van der Waals surface area contributed by atoms with Gasteiger partial charge in [-0.15, -0.1) is 12.4 Å². The lowest BCUT2D eigenvalue weighted by molar-refractivity contribution is -0.126. The molecule has 126 valence electrons. The molecule has 4 rings (SSSR count). The fraction of sp³-hybridized carbons (Fsp3) is 0.611. The maximum Gasteiger partial charge on any atom is 0.224 e. The van der Waals surface area contributed by atoms with Gasteiger partial charge in [-0.3, -0.25) is 4.79 Å². The van der Waals surface area contributed by atoms with Crippen LogP contribution >= 0.6 is 28.3 Å². The number of piperidine rings is 1. The van der Waals surface area contributed by atoms with Crippen molar-refractivity contribution in [1.82, 2.24) is 10.6 Å². The number of hydrogen-bond donors (Lipinski definition) is 2. The summed E-state index contributed by atoms with van der Waals surface area (Å²) in [6.07, 6.45) is 6.77. The van der Waals surface area contributed by atoms with Crippen molar-refractivity contribution in [2.45, 2.75) is 44.1 Å². The molecule has 2 N–H and O–H groups in total. The molecule has 1 atom stereocenters. The molecule has 0 aromatic heterocycles. The highest BCUT2D eigenvalue weighted by Gasteiger charge is 2.58. The van der Waals surface area contributed by atoms with Gasteiger partial charge in [0.15, 0.2) is 0 Å². The number of amides is 1. The molecule has 1 spiro atoms. The Kier molecular flexibility index (Phi) is 4.78. The van der Waals surface area contributed by atoms with Crippen molar-refractivity contribution in [1.29, 1.82) is 0 Å². The maximum atomic E-state index is 12.8. The average Bonchev–Trinajstić information content (AvgIpc) is 3.18. The van der Waals surface area contributed by atoms with E-state index < -0.39 is 0 Å². The van der Waals surface area contributed by atoms with Gasteiger partial charge >= 0.3 is 0 Å². The zero-order valence-electron chi connectivity index (χ0n) is 13.2. The van der Waals surface area contributed by atoms with Gasteiger partial charge in [-0.2, -0.15) is 0 Å². The number of carbonyl (C=O) groups is 1. The van der Waals surface area contributed by atoms with Gasteiger partial charge < -0.3 is 10.6 Å². The highest BCUT2D eigenvalue weighted by atomic mass is 79.9. The van der Waals surface area contributed by atoms with E-state index in [1.807, 2.05) is 0 Å². The minimum atomic E-state index is -0.103. The van der Waals surface area contributed by atoms with E-state index in [-0.39, 0.29) is 23.9 Å². The topological polar surface area (TPSA) is 41.1 Å². The lowest BCUT2D eigenvalue weighted by Gasteiger charge is -2.43. The standard InChI is InChI=1S/C18H23BrN2O.ClH/c19-14-4-2-13(3-5-14)18(6-1-7-18)21-16(22)15-12-17(15)8-10-20-11-9-17;/h2-5,15,20H,1,6-12H2,(H,21,22);1H. The molecule has 1 amide bonds. The molecule has 3 nitrogen and oxygen atoms in total. The van der Waals surface area contributed by atoms with Gasteiger partial charge in [0.2, 0.25) is 5.91 Å². The van der Waals surface area contributed by atoms with Gasteiger partial charge in [0.1, 0.15) is 0 Å². The van der Waals surface area contributed by atoms with Crippen molar-refractivity contribution in [3.8, 4) is 0 Å². The molecule has 1 aromatic rings. The zero-order chi connectivity index (χ0) is 15.2. The summed E-state index contributed by atoms with van der Waals surface area (Å²) in [7, 11) is 0. The first kappa shape index (κ1) is 17.2. The zero-order valence-corrected chi connectivity index (χ0v) is 15.6. The van der Waals surface area contributed by atoms with E-state index >= 15 is 0 Å². The highest BCUT2D eigenvalue weighted by molar-refractivity contribution is 9.10. The molecule has 0 radical (unpaired) electrons. The smallest absolute Gasteiger partial charge is 0.224 e. The van der Waals surface area contributed by atoms with Crippen LogP contribution in [0.4, 0.5) is 0 Å². The van der Waals surface area contributed by atoms with Gasteiger partial charge in [0.25, 0.3) is 0 Å². The van der Waals surface area contributed by atoms with Crippen molar-refractivity contribution in [3.05, 3.63) is 34.3 Å². The van der Waals surface area contributed by atoms with Crippen LogP contribution in [-0.4, -0.2) is 19.0 Å². The maximum absolute atomic E-state index is 12.8. The third-order valence-corrected chi connectivity index (χ3v) is 6.60. The first-order valence-corrected chi connectivity index (χ1v) is 9.22. The highest BCUT2D eigenvalue weighted by Crippen LogP contribution is 2.59. The van der Waals surface area contributed by atoms with Crippen LogP contribution in [0.25, 0.3) is 0 Å². The second kappa shape index (κ2) is 6.38. The van der Waals surface area contributed by atoms with Gasteiger partial charge in [-0.05, 0) is 74.7 Å². The first-order valence-electron chi connectivity index (χ1n) is 8.42. The van der Waals surface area contributed by atoms with E-state index in [0.717, 1.165) is 49.7 Å². The van der Waals surface area contributed by atoms with Gasteiger partial charge in [0.05, 0.1) is 5.54 Å². The van der Waals surface area contributed by atoms with Crippen molar-refractivity contribution in [2.24, 2.45) is 11.3 Å². The molecule has 1 aromatic carbocycles.